The maximum atomic E-state index is 6.01. The maximum absolute atomic E-state index is 6.01. The number of rotatable bonds is 2. The molecule has 3 aromatic rings. The van der Waals surface area contributed by atoms with Crippen LogP contribution in [-0.2, 0) is 6.42 Å². The zero-order valence-corrected chi connectivity index (χ0v) is 12.6. The summed E-state index contributed by atoms with van der Waals surface area (Å²) in [4.78, 5) is 4.63. The summed E-state index contributed by atoms with van der Waals surface area (Å²) < 4.78 is 3.03. The molecule has 1 aromatic carbocycles. The van der Waals surface area contributed by atoms with E-state index in [1.165, 1.54) is 11.3 Å². The van der Waals surface area contributed by atoms with Crippen LogP contribution in [-0.4, -0.2) is 14.8 Å². The number of aryl methyl sites for hydroxylation is 1. The lowest BCUT2D eigenvalue weighted by molar-refractivity contribution is 0.826. The van der Waals surface area contributed by atoms with Crippen LogP contribution in [0.15, 0.2) is 18.2 Å². The molecule has 0 saturated carbocycles. The Balaban J connectivity index is 2.19. The fourth-order valence-corrected chi connectivity index (χ4v) is 3.60. The van der Waals surface area contributed by atoms with Crippen LogP contribution in [0.4, 0.5) is 0 Å². The first-order chi connectivity index (χ1) is 9.10. The number of hydrogen-bond acceptors (Lipinski definition) is 3. The third kappa shape index (κ3) is 2.05. The van der Waals surface area contributed by atoms with Gasteiger partial charge in [-0.3, -0.25) is 0 Å². The van der Waals surface area contributed by atoms with Crippen LogP contribution in [0.2, 0.25) is 5.02 Å². The van der Waals surface area contributed by atoms with Crippen molar-refractivity contribution in [1.82, 2.24) is 14.8 Å². The minimum absolute atomic E-state index is 0.741. The molecular formula is C14H14ClN3S. The molecule has 0 spiro atoms. The van der Waals surface area contributed by atoms with Gasteiger partial charge >= 0.3 is 0 Å². The molecule has 0 atom stereocenters. The van der Waals surface area contributed by atoms with Gasteiger partial charge in [-0.25, -0.2) is 9.67 Å². The van der Waals surface area contributed by atoms with E-state index in [0.717, 1.165) is 32.5 Å². The molecule has 2 aromatic heterocycles. The second-order valence-electron chi connectivity index (χ2n) is 4.52. The highest BCUT2D eigenvalue weighted by Gasteiger charge is 2.14. The van der Waals surface area contributed by atoms with Gasteiger partial charge in [-0.1, -0.05) is 29.9 Å². The zero-order valence-electron chi connectivity index (χ0n) is 11.1. The summed E-state index contributed by atoms with van der Waals surface area (Å²) >= 11 is 7.63. The van der Waals surface area contributed by atoms with Gasteiger partial charge in [0.1, 0.15) is 0 Å². The first-order valence-corrected chi connectivity index (χ1v) is 7.41. The third-order valence-corrected chi connectivity index (χ3v) is 4.54. The quantitative estimate of drug-likeness (QED) is 0.704. The highest BCUT2D eigenvalue weighted by atomic mass is 35.5. The Morgan fingerprint density at radius 1 is 1.32 bits per heavy atom. The number of fused-ring (bicyclic) bond motifs is 1. The number of halogens is 1. The molecule has 98 valence electrons. The lowest BCUT2D eigenvalue weighted by Gasteiger charge is -1.99. The van der Waals surface area contributed by atoms with Crippen molar-refractivity contribution in [2.75, 3.05) is 0 Å². The molecule has 0 amide bonds. The first kappa shape index (κ1) is 12.6. The Labute approximate surface area is 120 Å². The molecule has 0 aliphatic rings. The van der Waals surface area contributed by atoms with Gasteiger partial charge in [-0.2, -0.15) is 5.10 Å². The van der Waals surface area contributed by atoms with E-state index in [0.29, 0.717) is 0 Å². The Kier molecular flexibility index (Phi) is 3.07. The lowest BCUT2D eigenvalue weighted by atomic mass is 10.1. The van der Waals surface area contributed by atoms with E-state index in [4.69, 9.17) is 11.6 Å². The second kappa shape index (κ2) is 4.62. The summed E-state index contributed by atoms with van der Waals surface area (Å²) in [6.07, 6.45) is 0.994. The van der Waals surface area contributed by atoms with Crippen molar-refractivity contribution in [2.45, 2.75) is 27.2 Å². The molecule has 0 fully saturated rings. The summed E-state index contributed by atoms with van der Waals surface area (Å²) in [5.41, 5.74) is 4.52. The minimum Gasteiger partial charge on any atom is -0.218 e. The molecule has 0 unspecified atom stereocenters. The molecule has 3 nitrogen and oxygen atoms in total. The SMILES string of the molecule is CCc1c(C)nn(-c2nc3ccc(Cl)cc3s2)c1C. The molecule has 0 saturated heterocycles. The molecule has 19 heavy (non-hydrogen) atoms. The molecule has 0 bridgehead atoms. The Hall–Kier alpha value is -1.39. The molecule has 0 radical (unpaired) electrons. The number of nitrogens with zero attached hydrogens (tertiary/aromatic N) is 3. The number of benzene rings is 1. The molecule has 5 heteroatoms. The Morgan fingerprint density at radius 2 is 2.11 bits per heavy atom. The molecule has 2 heterocycles. The average molecular weight is 292 g/mol. The van der Waals surface area contributed by atoms with Crippen molar-refractivity contribution in [3.8, 4) is 5.13 Å². The average Bonchev–Trinajstić information content (AvgIpc) is 2.90. The summed E-state index contributed by atoms with van der Waals surface area (Å²) in [6.45, 7) is 6.30. The molecule has 3 rings (SSSR count). The van der Waals surface area contributed by atoms with Crippen LogP contribution in [0.25, 0.3) is 15.3 Å². The largest absolute Gasteiger partial charge is 0.218 e. The van der Waals surface area contributed by atoms with Crippen LogP contribution < -0.4 is 0 Å². The predicted octanol–water partition coefficient (Wildman–Crippen LogP) is 4.31. The zero-order chi connectivity index (χ0) is 13.6. The smallest absolute Gasteiger partial charge is 0.211 e. The van der Waals surface area contributed by atoms with E-state index in [1.807, 2.05) is 29.8 Å². The highest BCUT2D eigenvalue weighted by Crippen LogP contribution is 2.29. The number of aromatic nitrogens is 3. The molecule has 0 aliphatic carbocycles. The van der Waals surface area contributed by atoms with E-state index in [1.54, 1.807) is 11.3 Å². The van der Waals surface area contributed by atoms with Crippen molar-refractivity contribution in [2.24, 2.45) is 0 Å². The van der Waals surface area contributed by atoms with Gasteiger partial charge < -0.3 is 0 Å². The Bertz CT molecular complexity index is 757. The van der Waals surface area contributed by atoms with Crippen LogP contribution >= 0.6 is 22.9 Å². The first-order valence-electron chi connectivity index (χ1n) is 6.21. The monoisotopic (exact) mass is 291 g/mol. The number of hydrogen-bond donors (Lipinski definition) is 0. The van der Waals surface area contributed by atoms with Crippen LogP contribution in [0.3, 0.4) is 0 Å². The lowest BCUT2D eigenvalue weighted by Crippen LogP contribution is -1.98. The van der Waals surface area contributed by atoms with E-state index in [9.17, 15) is 0 Å². The topological polar surface area (TPSA) is 30.7 Å². The fraction of sp³-hybridized carbons (Fsp3) is 0.286. The third-order valence-electron chi connectivity index (χ3n) is 3.32. The predicted molar refractivity (Wildman–Crippen MR) is 80.6 cm³/mol. The molecular weight excluding hydrogens is 278 g/mol. The van der Waals surface area contributed by atoms with Crippen LogP contribution in [0, 0.1) is 13.8 Å². The van der Waals surface area contributed by atoms with Crippen molar-refractivity contribution in [3.63, 3.8) is 0 Å². The van der Waals surface area contributed by atoms with Crippen molar-refractivity contribution >= 4 is 33.2 Å². The van der Waals surface area contributed by atoms with Crippen LogP contribution in [0.1, 0.15) is 23.9 Å². The normalized spacial score (nSPS) is 11.4. The van der Waals surface area contributed by atoms with E-state index in [-0.39, 0.29) is 0 Å². The van der Waals surface area contributed by atoms with Gasteiger partial charge in [0.05, 0.1) is 15.9 Å². The van der Waals surface area contributed by atoms with E-state index < -0.39 is 0 Å². The van der Waals surface area contributed by atoms with Gasteiger partial charge in [-0.15, -0.1) is 0 Å². The molecule has 0 N–H and O–H groups in total. The highest BCUT2D eigenvalue weighted by molar-refractivity contribution is 7.20. The second-order valence-corrected chi connectivity index (χ2v) is 5.97. The summed E-state index contributed by atoms with van der Waals surface area (Å²) in [5, 5.41) is 6.24. The fourth-order valence-electron chi connectivity index (χ4n) is 2.35. The minimum atomic E-state index is 0.741. The van der Waals surface area contributed by atoms with Gasteiger partial charge in [-0.05, 0) is 44.0 Å². The standard InChI is InChI=1S/C14H14ClN3S/c1-4-11-8(2)17-18(9(11)3)14-16-12-6-5-10(15)7-13(12)19-14/h5-7H,4H2,1-3H3. The van der Waals surface area contributed by atoms with Crippen LogP contribution in [0.5, 0.6) is 0 Å². The molecule has 0 aliphatic heterocycles. The van der Waals surface area contributed by atoms with Crippen molar-refractivity contribution < 1.29 is 0 Å². The summed E-state index contributed by atoms with van der Waals surface area (Å²) in [5.74, 6) is 0. The van der Waals surface area contributed by atoms with Crippen molar-refractivity contribution in [3.05, 3.63) is 40.2 Å². The summed E-state index contributed by atoms with van der Waals surface area (Å²) in [6, 6.07) is 5.76. The number of thiazole rings is 1. The Morgan fingerprint density at radius 3 is 2.79 bits per heavy atom. The maximum Gasteiger partial charge on any atom is 0.211 e. The van der Waals surface area contributed by atoms with E-state index >= 15 is 0 Å². The van der Waals surface area contributed by atoms with Gasteiger partial charge in [0.15, 0.2) is 0 Å². The van der Waals surface area contributed by atoms with Gasteiger partial charge in [0.25, 0.3) is 0 Å². The van der Waals surface area contributed by atoms with Crippen molar-refractivity contribution in [1.29, 1.82) is 0 Å². The van der Waals surface area contributed by atoms with Gasteiger partial charge in [0.2, 0.25) is 5.13 Å². The summed E-state index contributed by atoms with van der Waals surface area (Å²) in [7, 11) is 0. The van der Waals surface area contributed by atoms with Gasteiger partial charge in [0, 0.05) is 10.7 Å². The van der Waals surface area contributed by atoms with E-state index in [2.05, 4.69) is 23.9 Å².